The summed E-state index contributed by atoms with van der Waals surface area (Å²) >= 11 is 1.68. The summed E-state index contributed by atoms with van der Waals surface area (Å²) in [5.41, 5.74) is 1.28. The van der Waals surface area contributed by atoms with Crippen molar-refractivity contribution in [2.45, 2.75) is 20.3 Å². The maximum absolute atomic E-state index is 9.98. The van der Waals surface area contributed by atoms with Crippen LogP contribution in [-0.4, -0.2) is 17.8 Å². The van der Waals surface area contributed by atoms with Gasteiger partial charge in [0.05, 0.1) is 0 Å². The van der Waals surface area contributed by atoms with Crippen molar-refractivity contribution in [1.29, 1.82) is 0 Å². The van der Waals surface area contributed by atoms with Crippen molar-refractivity contribution in [2.75, 3.05) is 11.5 Å². The highest BCUT2D eigenvalue weighted by atomic mass is 32.2. The molecule has 0 amide bonds. The van der Waals surface area contributed by atoms with Crippen LogP contribution in [0.4, 0.5) is 0 Å². The summed E-state index contributed by atoms with van der Waals surface area (Å²) in [6, 6.07) is 0. The van der Waals surface area contributed by atoms with Crippen LogP contribution in [0.15, 0.2) is 12.2 Å². The Labute approximate surface area is 73.3 Å². The summed E-state index contributed by atoms with van der Waals surface area (Å²) < 4.78 is 0. The van der Waals surface area contributed by atoms with E-state index in [4.69, 9.17) is 0 Å². The molecular formula is C9H16OS. The molecule has 0 aliphatic heterocycles. The first-order chi connectivity index (χ1) is 5.22. The Morgan fingerprint density at radius 3 is 2.82 bits per heavy atom. The standard InChI is InChI=1S/C9H16OS/c1-4-8(2)9(3)7-11-6-5-10/h5,9H,2,4,6-7H2,1,3H3. The molecular weight excluding hydrogens is 156 g/mol. The second-order valence-electron chi connectivity index (χ2n) is 2.62. The molecule has 0 aliphatic rings. The zero-order valence-electron chi connectivity index (χ0n) is 7.30. The van der Waals surface area contributed by atoms with E-state index in [9.17, 15) is 4.79 Å². The fraction of sp³-hybridized carbons (Fsp3) is 0.667. The smallest absolute Gasteiger partial charge is 0.129 e. The third-order valence-electron chi connectivity index (χ3n) is 1.70. The number of rotatable bonds is 6. The monoisotopic (exact) mass is 172 g/mol. The molecule has 0 saturated heterocycles. The van der Waals surface area contributed by atoms with Crippen LogP contribution < -0.4 is 0 Å². The van der Waals surface area contributed by atoms with E-state index in [0.717, 1.165) is 18.5 Å². The van der Waals surface area contributed by atoms with Crippen molar-refractivity contribution in [2.24, 2.45) is 5.92 Å². The predicted octanol–water partition coefficient (Wildman–Crippen LogP) is 2.52. The fourth-order valence-electron chi connectivity index (χ4n) is 0.759. The van der Waals surface area contributed by atoms with E-state index in [1.54, 1.807) is 11.8 Å². The predicted molar refractivity (Wildman–Crippen MR) is 52.0 cm³/mol. The van der Waals surface area contributed by atoms with Gasteiger partial charge in [-0.2, -0.15) is 11.8 Å². The highest BCUT2D eigenvalue weighted by Gasteiger charge is 2.03. The molecule has 0 radical (unpaired) electrons. The summed E-state index contributed by atoms with van der Waals surface area (Å²) in [4.78, 5) is 9.98. The van der Waals surface area contributed by atoms with Crippen molar-refractivity contribution < 1.29 is 4.79 Å². The van der Waals surface area contributed by atoms with Gasteiger partial charge in [-0.1, -0.05) is 26.0 Å². The Morgan fingerprint density at radius 1 is 1.73 bits per heavy atom. The quantitative estimate of drug-likeness (QED) is 0.348. The molecule has 0 N–H and O–H groups in total. The summed E-state index contributed by atoms with van der Waals surface area (Å²) in [7, 11) is 0. The molecule has 0 heterocycles. The largest absolute Gasteiger partial charge is 0.302 e. The summed E-state index contributed by atoms with van der Waals surface area (Å²) in [6.45, 7) is 8.22. The molecule has 1 unspecified atom stereocenters. The molecule has 1 nitrogen and oxygen atoms in total. The maximum Gasteiger partial charge on any atom is 0.129 e. The minimum atomic E-state index is 0.546. The lowest BCUT2D eigenvalue weighted by atomic mass is 10.0. The third kappa shape index (κ3) is 5.08. The third-order valence-corrected chi connectivity index (χ3v) is 2.81. The topological polar surface area (TPSA) is 17.1 Å². The number of allylic oxidation sites excluding steroid dienone is 1. The lowest BCUT2D eigenvalue weighted by molar-refractivity contribution is -0.105. The van der Waals surface area contributed by atoms with Crippen LogP contribution in [0.2, 0.25) is 0 Å². The SMILES string of the molecule is C=C(CC)C(C)CSCC=O. The Bertz CT molecular complexity index is 132. The van der Waals surface area contributed by atoms with Crippen molar-refractivity contribution >= 4 is 18.0 Å². The molecule has 0 aromatic carbocycles. The molecule has 2 heteroatoms. The molecule has 0 aromatic rings. The highest BCUT2D eigenvalue weighted by Crippen LogP contribution is 2.16. The first-order valence-corrected chi connectivity index (χ1v) is 5.06. The van der Waals surface area contributed by atoms with Gasteiger partial charge in [-0.3, -0.25) is 0 Å². The number of carbonyl (C=O) groups is 1. The van der Waals surface area contributed by atoms with Crippen LogP contribution in [0.1, 0.15) is 20.3 Å². The van der Waals surface area contributed by atoms with Crippen molar-refractivity contribution in [3.8, 4) is 0 Å². The number of aldehydes is 1. The average molecular weight is 172 g/mol. The van der Waals surface area contributed by atoms with Gasteiger partial charge in [-0.25, -0.2) is 0 Å². The minimum Gasteiger partial charge on any atom is -0.302 e. The van der Waals surface area contributed by atoms with Crippen LogP contribution in [0, 0.1) is 5.92 Å². The van der Waals surface area contributed by atoms with E-state index >= 15 is 0 Å². The van der Waals surface area contributed by atoms with Crippen LogP contribution >= 0.6 is 11.8 Å². The Balaban J connectivity index is 3.43. The Morgan fingerprint density at radius 2 is 2.36 bits per heavy atom. The van der Waals surface area contributed by atoms with Crippen LogP contribution in [0.5, 0.6) is 0 Å². The zero-order valence-corrected chi connectivity index (χ0v) is 8.12. The fourth-order valence-corrected chi connectivity index (χ4v) is 1.58. The van der Waals surface area contributed by atoms with Crippen LogP contribution in [0.25, 0.3) is 0 Å². The minimum absolute atomic E-state index is 0.546. The van der Waals surface area contributed by atoms with Gasteiger partial charge < -0.3 is 4.79 Å². The number of hydrogen-bond donors (Lipinski definition) is 0. The molecule has 0 aromatic heterocycles. The molecule has 1 atom stereocenters. The molecule has 64 valence electrons. The number of hydrogen-bond acceptors (Lipinski definition) is 2. The van der Waals surface area contributed by atoms with E-state index < -0.39 is 0 Å². The van der Waals surface area contributed by atoms with Gasteiger partial charge in [-0.15, -0.1) is 0 Å². The molecule has 11 heavy (non-hydrogen) atoms. The zero-order chi connectivity index (χ0) is 8.69. The molecule has 0 bridgehead atoms. The van der Waals surface area contributed by atoms with E-state index in [1.165, 1.54) is 5.57 Å². The van der Waals surface area contributed by atoms with Gasteiger partial charge >= 0.3 is 0 Å². The second kappa shape index (κ2) is 6.47. The Hall–Kier alpha value is -0.240. The van der Waals surface area contributed by atoms with Crippen LogP contribution in [0.3, 0.4) is 0 Å². The van der Waals surface area contributed by atoms with Gasteiger partial charge in [0.1, 0.15) is 6.29 Å². The Kier molecular flexibility index (Phi) is 6.33. The van der Waals surface area contributed by atoms with Gasteiger partial charge in [0.25, 0.3) is 0 Å². The molecule has 0 fully saturated rings. The van der Waals surface area contributed by atoms with E-state index in [2.05, 4.69) is 20.4 Å². The van der Waals surface area contributed by atoms with Crippen molar-refractivity contribution in [3.05, 3.63) is 12.2 Å². The van der Waals surface area contributed by atoms with Crippen molar-refractivity contribution in [3.63, 3.8) is 0 Å². The first kappa shape index (κ1) is 10.8. The molecule has 0 spiro atoms. The lowest BCUT2D eigenvalue weighted by Gasteiger charge is -2.10. The summed E-state index contributed by atoms with van der Waals surface area (Å²) in [6.07, 6.45) is 1.99. The second-order valence-corrected chi connectivity index (χ2v) is 3.69. The number of thioether (sulfide) groups is 1. The normalized spacial score (nSPS) is 12.5. The molecule has 0 saturated carbocycles. The van der Waals surface area contributed by atoms with Gasteiger partial charge in [0.15, 0.2) is 0 Å². The molecule has 0 aliphatic carbocycles. The van der Waals surface area contributed by atoms with E-state index in [0.29, 0.717) is 11.7 Å². The summed E-state index contributed by atoms with van der Waals surface area (Å²) in [5.74, 6) is 2.18. The van der Waals surface area contributed by atoms with E-state index in [-0.39, 0.29) is 0 Å². The highest BCUT2D eigenvalue weighted by molar-refractivity contribution is 7.99. The van der Waals surface area contributed by atoms with Crippen LogP contribution in [-0.2, 0) is 4.79 Å². The number of carbonyl (C=O) groups excluding carboxylic acids is 1. The average Bonchev–Trinajstić information content (AvgIpc) is 2.03. The first-order valence-electron chi connectivity index (χ1n) is 3.91. The van der Waals surface area contributed by atoms with Crippen molar-refractivity contribution in [1.82, 2.24) is 0 Å². The van der Waals surface area contributed by atoms with Gasteiger partial charge in [0, 0.05) is 5.75 Å². The summed E-state index contributed by atoms with van der Waals surface area (Å²) in [5, 5.41) is 0. The van der Waals surface area contributed by atoms with Gasteiger partial charge in [-0.05, 0) is 18.1 Å². The lowest BCUT2D eigenvalue weighted by Crippen LogP contribution is -2.01. The maximum atomic E-state index is 9.98. The molecule has 0 rings (SSSR count). The van der Waals surface area contributed by atoms with E-state index in [1.807, 2.05) is 0 Å². The van der Waals surface area contributed by atoms with Gasteiger partial charge in [0.2, 0.25) is 0 Å².